The molecule has 10 nitrogen and oxygen atoms in total. The average Bonchev–Trinajstić information content (AvgIpc) is 3.66. The summed E-state index contributed by atoms with van der Waals surface area (Å²) >= 11 is 6.01. The van der Waals surface area contributed by atoms with Crippen LogP contribution in [0.1, 0.15) is 42.6 Å². The van der Waals surface area contributed by atoms with Crippen LogP contribution < -0.4 is 14.8 Å². The molecule has 2 atom stereocenters. The number of hydrogen-bond acceptors (Lipinski definition) is 6. The first-order valence-corrected chi connectivity index (χ1v) is 15.7. The molecule has 44 heavy (non-hydrogen) atoms. The molecule has 1 saturated heterocycles. The fourth-order valence-corrected chi connectivity index (χ4v) is 6.73. The van der Waals surface area contributed by atoms with Crippen LogP contribution in [0.25, 0.3) is 0 Å². The molecule has 2 aromatic carbocycles. The molecule has 232 valence electrons. The van der Waals surface area contributed by atoms with Crippen molar-refractivity contribution in [1.82, 2.24) is 24.7 Å². The van der Waals surface area contributed by atoms with Crippen LogP contribution in [-0.2, 0) is 33.8 Å². The van der Waals surface area contributed by atoms with Gasteiger partial charge in [0.15, 0.2) is 11.5 Å². The van der Waals surface area contributed by atoms with Crippen LogP contribution >= 0.6 is 11.6 Å². The molecule has 4 aliphatic rings. The van der Waals surface area contributed by atoms with Gasteiger partial charge in [0.1, 0.15) is 5.82 Å². The van der Waals surface area contributed by atoms with Crippen molar-refractivity contribution in [1.29, 1.82) is 0 Å². The summed E-state index contributed by atoms with van der Waals surface area (Å²) in [5.41, 5.74) is 1.32. The van der Waals surface area contributed by atoms with E-state index >= 15 is 0 Å². The third-order valence-electron chi connectivity index (χ3n) is 9.00. The highest BCUT2D eigenvalue weighted by Gasteiger charge is 2.53. The Hall–Kier alpha value is -4.05. The number of imidazole rings is 1. The highest BCUT2D eigenvalue weighted by Crippen LogP contribution is 2.52. The SMILES string of the molecule is CCc1nccn1CCC(=O)N1C[C@H]2c3cccc4c3OC[C@@]2(CNC(=O)CN(C(=O)Cc2ccc(Cl)cc2)CCCO4)C1. The van der Waals surface area contributed by atoms with Crippen molar-refractivity contribution in [3.8, 4) is 11.5 Å². The van der Waals surface area contributed by atoms with Gasteiger partial charge in [-0.3, -0.25) is 14.4 Å². The number of nitrogens with one attached hydrogen (secondary N) is 1. The normalized spacial score (nSPS) is 21.6. The topological polar surface area (TPSA) is 106 Å². The maximum absolute atomic E-state index is 13.5. The zero-order valence-electron chi connectivity index (χ0n) is 25.0. The number of benzene rings is 2. The number of nitrogens with zero attached hydrogens (tertiary/aromatic N) is 4. The Morgan fingerprint density at radius 3 is 2.77 bits per heavy atom. The number of likely N-dealkylation sites (tertiary alicyclic amines) is 1. The van der Waals surface area contributed by atoms with Gasteiger partial charge in [-0.1, -0.05) is 42.8 Å². The second kappa shape index (κ2) is 12.9. The molecular weight excluding hydrogens is 582 g/mol. The van der Waals surface area contributed by atoms with E-state index in [1.165, 1.54) is 0 Å². The lowest BCUT2D eigenvalue weighted by molar-refractivity contribution is -0.136. The summed E-state index contributed by atoms with van der Waals surface area (Å²) in [7, 11) is 0. The number of ether oxygens (including phenoxy) is 2. The lowest BCUT2D eigenvalue weighted by Crippen LogP contribution is -2.50. The van der Waals surface area contributed by atoms with Crippen LogP contribution in [0.4, 0.5) is 0 Å². The summed E-state index contributed by atoms with van der Waals surface area (Å²) in [6, 6.07) is 13.1. The van der Waals surface area contributed by atoms with Crippen molar-refractivity contribution >= 4 is 29.3 Å². The van der Waals surface area contributed by atoms with E-state index in [-0.39, 0.29) is 36.6 Å². The Balaban J connectivity index is 1.21. The molecule has 0 unspecified atom stereocenters. The van der Waals surface area contributed by atoms with Crippen LogP contribution in [0.2, 0.25) is 5.02 Å². The zero-order valence-corrected chi connectivity index (χ0v) is 25.7. The van der Waals surface area contributed by atoms with Crippen molar-refractivity contribution < 1.29 is 23.9 Å². The number of amides is 3. The number of carbonyl (C=O) groups excluding carboxylic acids is 3. The summed E-state index contributed by atoms with van der Waals surface area (Å²) in [6.45, 7) is 4.96. The van der Waals surface area contributed by atoms with Crippen LogP contribution in [0, 0.1) is 5.41 Å². The zero-order chi connectivity index (χ0) is 30.7. The van der Waals surface area contributed by atoms with Crippen molar-refractivity contribution in [2.45, 2.75) is 45.1 Å². The number of hydrogen-bond donors (Lipinski definition) is 1. The van der Waals surface area contributed by atoms with Gasteiger partial charge in [0.2, 0.25) is 17.7 Å². The Morgan fingerprint density at radius 1 is 1.11 bits per heavy atom. The molecule has 1 N–H and O–H groups in total. The third kappa shape index (κ3) is 6.26. The van der Waals surface area contributed by atoms with Gasteiger partial charge in [0.25, 0.3) is 0 Å². The van der Waals surface area contributed by atoms with Crippen LogP contribution in [0.3, 0.4) is 0 Å². The van der Waals surface area contributed by atoms with Gasteiger partial charge in [0, 0.05) is 79.9 Å². The monoisotopic (exact) mass is 619 g/mol. The van der Waals surface area contributed by atoms with Crippen molar-refractivity contribution in [3.05, 3.63) is 76.8 Å². The summed E-state index contributed by atoms with van der Waals surface area (Å²) in [4.78, 5) is 48.0. The summed E-state index contributed by atoms with van der Waals surface area (Å²) in [5, 5.41) is 3.71. The van der Waals surface area contributed by atoms with Gasteiger partial charge in [-0.15, -0.1) is 0 Å². The smallest absolute Gasteiger partial charge is 0.239 e. The van der Waals surface area contributed by atoms with Crippen molar-refractivity contribution in [2.75, 3.05) is 45.9 Å². The molecular formula is C33H38ClN5O5. The predicted molar refractivity (Wildman–Crippen MR) is 165 cm³/mol. The quantitative estimate of drug-likeness (QED) is 0.453. The minimum atomic E-state index is -0.511. The Bertz CT molecular complexity index is 1520. The van der Waals surface area contributed by atoms with E-state index in [4.69, 9.17) is 21.1 Å². The van der Waals surface area contributed by atoms with Crippen LogP contribution in [0.5, 0.6) is 11.5 Å². The second-order valence-corrected chi connectivity index (χ2v) is 12.3. The average molecular weight is 620 g/mol. The number of para-hydroxylation sites is 1. The predicted octanol–water partition coefficient (Wildman–Crippen LogP) is 3.46. The molecule has 0 aliphatic carbocycles. The van der Waals surface area contributed by atoms with Gasteiger partial charge in [0.05, 0.1) is 26.2 Å². The van der Waals surface area contributed by atoms with Gasteiger partial charge >= 0.3 is 0 Å². The minimum absolute atomic E-state index is 0.0379. The first-order chi connectivity index (χ1) is 21.3. The number of halogens is 1. The molecule has 0 radical (unpaired) electrons. The molecule has 3 aromatic rings. The number of fused-ring (bicyclic) bond motifs is 9. The van der Waals surface area contributed by atoms with Crippen LogP contribution in [0.15, 0.2) is 54.9 Å². The Labute approximate surface area is 262 Å². The molecule has 1 spiro atoms. The summed E-state index contributed by atoms with van der Waals surface area (Å²) in [6.07, 6.45) is 5.57. The van der Waals surface area contributed by atoms with Gasteiger partial charge < -0.3 is 29.2 Å². The second-order valence-electron chi connectivity index (χ2n) is 11.9. The Morgan fingerprint density at radius 2 is 1.95 bits per heavy atom. The Kier molecular flexibility index (Phi) is 8.79. The fraction of sp³-hybridized carbons (Fsp3) is 0.455. The summed E-state index contributed by atoms with van der Waals surface area (Å²) < 4.78 is 14.6. The maximum Gasteiger partial charge on any atom is 0.239 e. The number of rotatable bonds is 6. The minimum Gasteiger partial charge on any atom is -0.490 e. The molecule has 1 fully saturated rings. The lowest BCUT2D eigenvalue weighted by atomic mass is 9.73. The molecule has 4 bridgehead atoms. The van der Waals surface area contributed by atoms with E-state index in [0.29, 0.717) is 75.3 Å². The molecule has 5 heterocycles. The molecule has 0 saturated carbocycles. The number of carbonyl (C=O) groups is 3. The highest BCUT2D eigenvalue weighted by molar-refractivity contribution is 6.30. The largest absolute Gasteiger partial charge is 0.490 e. The lowest BCUT2D eigenvalue weighted by Gasteiger charge is -2.40. The molecule has 11 heteroatoms. The number of aryl methyl sites for hydroxylation is 2. The van der Waals surface area contributed by atoms with E-state index in [1.807, 2.05) is 46.0 Å². The number of aromatic nitrogens is 2. The van der Waals surface area contributed by atoms with Crippen molar-refractivity contribution in [2.24, 2.45) is 5.41 Å². The van der Waals surface area contributed by atoms with Gasteiger partial charge in [-0.25, -0.2) is 4.98 Å². The third-order valence-corrected chi connectivity index (χ3v) is 9.25. The maximum atomic E-state index is 13.5. The van der Waals surface area contributed by atoms with Gasteiger partial charge in [-0.2, -0.15) is 0 Å². The summed E-state index contributed by atoms with van der Waals surface area (Å²) in [5.74, 6) is 1.97. The first-order valence-electron chi connectivity index (χ1n) is 15.3. The molecule has 3 amide bonds. The molecule has 1 aromatic heterocycles. The van der Waals surface area contributed by atoms with E-state index in [2.05, 4.69) is 17.2 Å². The highest BCUT2D eigenvalue weighted by atomic mass is 35.5. The molecule has 4 aliphatic heterocycles. The van der Waals surface area contributed by atoms with E-state index in [9.17, 15) is 14.4 Å². The first kappa shape index (κ1) is 30.0. The van der Waals surface area contributed by atoms with E-state index < -0.39 is 5.41 Å². The van der Waals surface area contributed by atoms with E-state index in [1.54, 1.807) is 23.2 Å². The fourth-order valence-electron chi connectivity index (χ4n) is 6.61. The van der Waals surface area contributed by atoms with Crippen molar-refractivity contribution in [3.63, 3.8) is 0 Å². The van der Waals surface area contributed by atoms with Crippen LogP contribution in [-0.4, -0.2) is 83.0 Å². The van der Waals surface area contributed by atoms with Gasteiger partial charge in [-0.05, 0) is 30.2 Å². The molecule has 7 rings (SSSR count). The standard InChI is InChI=1S/C33H38ClN5O5/c1-2-28-35-12-15-37(28)14-11-30(41)39-18-26-25-5-3-6-27-32(25)44-22-33(26,21-39)20-36-29(40)19-38(13-4-16-43-27)31(42)17-23-7-9-24(34)10-8-23/h3,5-10,12,15,26H,2,4,11,13-14,16-22H2,1H3,(H,36,40)/t26-,33+/m0/s1. The van der Waals surface area contributed by atoms with E-state index in [0.717, 1.165) is 23.4 Å².